The third-order valence-electron chi connectivity index (χ3n) is 5.00. The Morgan fingerprint density at radius 3 is 2.62 bits per heavy atom. The molecule has 0 bridgehead atoms. The lowest BCUT2D eigenvalue weighted by Gasteiger charge is -2.34. The lowest BCUT2D eigenvalue weighted by molar-refractivity contribution is 0.0970. The number of hydrogen-bond acceptors (Lipinski definition) is 4. The first-order valence-electron chi connectivity index (χ1n) is 9.10. The molecular formula is C21H24N4O. The molecule has 3 heterocycles. The smallest absolute Gasteiger partial charge is 0.126 e. The monoisotopic (exact) mass is 348 g/mol. The molecule has 1 aliphatic rings. The number of pyridine rings is 1. The Bertz CT molecular complexity index is 832. The number of nitrogens with zero attached hydrogens (tertiary/aromatic N) is 4. The van der Waals surface area contributed by atoms with Gasteiger partial charge in [0.1, 0.15) is 5.82 Å². The first-order chi connectivity index (χ1) is 12.8. The Hall–Kier alpha value is -2.50. The van der Waals surface area contributed by atoms with Crippen molar-refractivity contribution in [2.24, 2.45) is 0 Å². The topological polar surface area (TPSA) is 43.2 Å². The molecule has 0 radical (unpaired) electrons. The molecule has 5 heteroatoms. The SMILES string of the molecule is CC1c2ncc(COCc3ccncc3)n2CCN1Cc1ccccc1. The van der Waals surface area contributed by atoms with Gasteiger partial charge in [0, 0.05) is 32.0 Å². The van der Waals surface area contributed by atoms with Crippen LogP contribution in [0.4, 0.5) is 0 Å². The summed E-state index contributed by atoms with van der Waals surface area (Å²) in [5.41, 5.74) is 3.64. The fraction of sp³-hybridized carbons (Fsp3) is 0.333. The highest BCUT2D eigenvalue weighted by Crippen LogP contribution is 2.27. The molecule has 2 aromatic heterocycles. The van der Waals surface area contributed by atoms with Crippen LogP contribution in [-0.2, 0) is 31.0 Å². The van der Waals surface area contributed by atoms with Gasteiger partial charge in [-0.15, -0.1) is 0 Å². The van der Waals surface area contributed by atoms with Gasteiger partial charge in [-0.1, -0.05) is 30.3 Å². The van der Waals surface area contributed by atoms with Crippen LogP contribution in [0.15, 0.2) is 61.1 Å². The minimum absolute atomic E-state index is 0.304. The van der Waals surface area contributed by atoms with Gasteiger partial charge in [0.25, 0.3) is 0 Å². The van der Waals surface area contributed by atoms with E-state index in [-0.39, 0.29) is 0 Å². The van der Waals surface area contributed by atoms with Crippen LogP contribution in [0.2, 0.25) is 0 Å². The summed E-state index contributed by atoms with van der Waals surface area (Å²) in [6.45, 7) is 6.36. The van der Waals surface area contributed by atoms with Gasteiger partial charge in [-0.25, -0.2) is 4.98 Å². The van der Waals surface area contributed by atoms with E-state index in [1.54, 1.807) is 12.4 Å². The predicted octanol–water partition coefficient (Wildman–Crippen LogP) is 3.57. The van der Waals surface area contributed by atoms with Crippen molar-refractivity contribution in [2.45, 2.75) is 39.3 Å². The fourth-order valence-corrected chi connectivity index (χ4v) is 3.51. The highest BCUT2D eigenvalue weighted by Gasteiger charge is 2.26. The third-order valence-corrected chi connectivity index (χ3v) is 5.00. The van der Waals surface area contributed by atoms with E-state index in [0.717, 1.165) is 36.7 Å². The van der Waals surface area contributed by atoms with Crippen molar-refractivity contribution < 1.29 is 4.74 Å². The van der Waals surface area contributed by atoms with Gasteiger partial charge < -0.3 is 9.30 Å². The number of ether oxygens (including phenoxy) is 1. The van der Waals surface area contributed by atoms with Crippen LogP contribution in [0.1, 0.15) is 35.6 Å². The summed E-state index contributed by atoms with van der Waals surface area (Å²) in [6, 6.07) is 14.9. The predicted molar refractivity (Wildman–Crippen MR) is 100 cm³/mol. The lowest BCUT2D eigenvalue weighted by atomic mass is 10.1. The van der Waals surface area contributed by atoms with Crippen LogP contribution in [0.5, 0.6) is 0 Å². The summed E-state index contributed by atoms with van der Waals surface area (Å²) in [5.74, 6) is 1.13. The molecule has 1 unspecified atom stereocenters. The summed E-state index contributed by atoms with van der Waals surface area (Å²) < 4.78 is 8.20. The second-order valence-corrected chi connectivity index (χ2v) is 6.74. The fourth-order valence-electron chi connectivity index (χ4n) is 3.51. The Labute approximate surface area is 154 Å². The molecule has 0 amide bonds. The van der Waals surface area contributed by atoms with Crippen molar-refractivity contribution in [2.75, 3.05) is 6.54 Å². The van der Waals surface area contributed by atoms with Crippen LogP contribution < -0.4 is 0 Å². The Balaban J connectivity index is 1.39. The van der Waals surface area contributed by atoms with Crippen LogP contribution in [0, 0.1) is 0 Å². The van der Waals surface area contributed by atoms with E-state index < -0.39 is 0 Å². The number of benzene rings is 1. The molecule has 0 saturated carbocycles. The summed E-state index contributed by atoms with van der Waals surface area (Å²) in [4.78, 5) is 11.2. The minimum atomic E-state index is 0.304. The first-order valence-corrected chi connectivity index (χ1v) is 9.10. The van der Waals surface area contributed by atoms with Crippen molar-refractivity contribution in [3.8, 4) is 0 Å². The molecule has 0 aliphatic carbocycles. The van der Waals surface area contributed by atoms with E-state index in [4.69, 9.17) is 4.74 Å². The molecular weight excluding hydrogens is 324 g/mol. The van der Waals surface area contributed by atoms with Crippen LogP contribution >= 0.6 is 0 Å². The van der Waals surface area contributed by atoms with E-state index in [1.807, 2.05) is 18.3 Å². The zero-order valence-corrected chi connectivity index (χ0v) is 15.1. The zero-order valence-electron chi connectivity index (χ0n) is 15.1. The van der Waals surface area contributed by atoms with Crippen LogP contribution in [0.3, 0.4) is 0 Å². The summed E-state index contributed by atoms with van der Waals surface area (Å²) >= 11 is 0. The number of imidazole rings is 1. The van der Waals surface area contributed by atoms with E-state index in [9.17, 15) is 0 Å². The minimum Gasteiger partial charge on any atom is -0.370 e. The van der Waals surface area contributed by atoms with E-state index in [2.05, 4.69) is 56.7 Å². The van der Waals surface area contributed by atoms with Gasteiger partial charge in [0.2, 0.25) is 0 Å². The van der Waals surface area contributed by atoms with Crippen molar-refractivity contribution in [3.05, 3.63) is 83.7 Å². The molecule has 1 aromatic carbocycles. The molecule has 0 N–H and O–H groups in total. The van der Waals surface area contributed by atoms with Gasteiger partial charge in [0.15, 0.2) is 0 Å². The standard InChI is InChI=1S/C21H24N4O/c1-17-21-23-13-20(16-26-15-19-7-9-22-10-8-19)25(21)12-11-24(17)14-18-5-3-2-4-6-18/h2-10,13,17H,11-12,14-16H2,1H3. The largest absolute Gasteiger partial charge is 0.370 e. The molecule has 1 atom stereocenters. The lowest BCUT2D eigenvalue weighted by Crippen LogP contribution is -2.37. The summed E-state index contributed by atoms with van der Waals surface area (Å²) in [7, 11) is 0. The third kappa shape index (κ3) is 3.69. The van der Waals surface area contributed by atoms with E-state index in [1.165, 1.54) is 5.56 Å². The maximum atomic E-state index is 5.89. The summed E-state index contributed by atoms with van der Waals surface area (Å²) in [5, 5.41) is 0. The van der Waals surface area contributed by atoms with Crippen molar-refractivity contribution in [1.29, 1.82) is 0 Å². The maximum absolute atomic E-state index is 5.89. The van der Waals surface area contributed by atoms with Gasteiger partial charge in [-0.05, 0) is 30.2 Å². The number of fused-ring (bicyclic) bond motifs is 1. The molecule has 0 spiro atoms. The number of rotatable bonds is 6. The second kappa shape index (κ2) is 7.81. The van der Waals surface area contributed by atoms with Crippen LogP contribution in [0.25, 0.3) is 0 Å². The quantitative estimate of drug-likeness (QED) is 0.683. The molecule has 4 rings (SSSR count). The molecule has 26 heavy (non-hydrogen) atoms. The highest BCUT2D eigenvalue weighted by molar-refractivity contribution is 5.16. The Kier molecular flexibility index (Phi) is 5.09. The van der Waals surface area contributed by atoms with Gasteiger partial charge in [-0.3, -0.25) is 9.88 Å². The molecule has 1 aliphatic heterocycles. The van der Waals surface area contributed by atoms with Gasteiger partial charge in [0.05, 0.1) is 31.1 Å². The summed E-state index contributed by atoms with van der Waals surface area (Å²) in [6.07, 6.45) is 5.55. The molecule has 0 fully saturated rings. The molecule has 0 saturated heterocycles. The zero-order chi connectivity index (χ0) is 17.8. The van der Waals surface area contributed by atoms with E-state index in [0.29, 0.717) is 19.3 Å². The van der Waals surface area contributed by atoms with Crippen LogP contribution in [-0.4, -0.2) is 26.0 Å². The van der Waals surface area contributed by atoms with Crippen molar-refractivity contribution in [1.82, 2.24) is 19.4 Å². The Morgan fingerprint density at radius 1 is 1.00 bits per heavy atom. The maximum Gasteiger partial charge on any atom is 0.126 e. The van der Waals surface area contributed by atoms with Gasteiger partial charge >= 0.3 is 0 Å². The van der Waals surface area contributed by atoms with Crippen molar-refractivity contribution >= 4 is 0 Å². The van der Waals surface area contributed by atoms with E-state index >= 15 is 0 Å². The average molecular weight is 348 g/mol. The number of aromatic nitrogens is 3. The highest BCUT2D eigenvalue weighted by atomic mass is 16.5. The first kappa shape index (κ1) is 16.9. The molecule has 5 nitrogen and oxygen atoms in total. The van der Waals surface area contributed by atoms with Crippen molar-refractivity contribution in [3.63, 3.8) is 0 Å². The number of hydrogen-bond donors (Lipinski definition) is 0. The normalized spacial score (nSPS) is 17.2. The van der Waals surface area contributed by atoms with Gasteiger partial charge in [-0.2, -0.15) is 0 Å². The molecule has 134 valence electrons. The second-order valence-electron chi connectivity index (χ2n) is 6.74. The Morgan fingerprint density at radius 2 is 1.81 bits per heavy atom. The molecule has 3 aromatic rings. The average Bonchev–Trinajstić information content (AvgIpc) is 3.10.